The highest BCUT2D eigenvalue weighted by Crippen LogP contribution is 2.29. The van der Waals surface area contributed by atoms with Gasteiger partial charge in [0.1, 0.15) is 12.4 Å². The van der Waals surface area contributed by atoms with Crippen LogP contribution >= 0.6 is 11.6 Å². The maximum absolute atomic E-state index is 13.9. The lowest BCUT2D eigenvalue weighted by Gasteiger charge is -2.36. The molecule has 1 fully saturated rings. The standard InChI is InChI=1S/C28H29ClFN3O3/c29-26-14-11-24(32-28(35)36-18-19-5-2-1-3-6-19)16-21(26)17-33(25-12-9-23(31)10-13-25)27(34)20-7-4-8-22(30)15-20/h1-8,11,14-16,23,25H,9-10,12-13,17-18,31H2,(H,32,35). The van der Waals surface area contributed by atoms with Crippen molar-refractivity contribution < 1.29 is 18.7 Å². The second-order valence-electron chi connectivity index (χ2n) is 9.00. The molecule has 1 aliphatic rings. The van der Waals surface area contributed by atoms with Crippen molar-refractivity contribution in [2.45, 2.75) is 50.9 Å². The van der Waals surface area contributed by atoms with E-state index in [1.165, 1.54) is 18.2 Å². The molecule has 0 spiro atoms. The van der Waals surface area contributed by atoms with Gasteiger partial charge in [-0.2, -0.15) is 0 Å². The van der Waals surface area contributed by atoms with Crippen molar-refractivity contribution in [3.8, 4) is 0 Å². The number of carbonyl (C=O) groups excluding carboxylic acids is 2. The number of anilines is 1. The highest BCUT2D eigenvalue weighted by molar-refractivity contribution is 6.31. The van der Waals surface area contributed by atoms with Gasteiger partial charge in [0, 0.05) is 34.9 Å². The molecule has 0 bridgehead atoms. The summed E-state index contributed by atoms with van der Waals surface area (Å²) in [7, 11) is 0. The fourth-order valence-corrected chi connectivity index (χ4v) is 4.58. The lowest BCUT2D eigenvalue weighted by Crippen LogP contribution is -2.44. The van der Waals surface area contributed by atoms with Crippen molar-refractivity contribution >= 4 is 29.3 Å². The maximum atomic E-state index is 13.9. The summed E-state index contributed by atoms with van der Waals surface area (Å²) in [6, 6.07) is 20.2. The molecule has 4 rings (SSSR count). The predicted octanol–water partition coefficient (Wildman–Crippen LogP) is 6.14. The third-order valence-electron chi connectivity index (χ3n) is 6.36. The molecular formula is C28H29ClFN3O3. The summed E-state index contributed by atoms with van der Waals surface area (Å²) in [6.07, 6.45) is 2.52. The molecule has 0 aromatic heterocycles. The lowest BCUT2D eigenvalue weighted by molar-refractivity contribution is 0.0606. The van der Waals surface area contributed by atoms with Gasteiger partial charge in [-0.25, -0.2) is 9.18 Å². The molecular weight excluding hydrogens is 481 g/mol. The van der Waals surface area contributed by atoms with Crippen LogP contribution in [-0.2, 0) is 17.9 Å². The minimum absolute atomic E-state index is 0.0518. The fraction of sp³-hybridized carbons (Fsp3) is 0.286. The molecule has 3 aromatic carbocycles. The van der Waals surface area contributed by atoms with Gasteiger partial charge in [0.05, 0.1) is 0 Å². The Morgan fingerprint density at radius 2 is 1.75 bits per heavy atom. The molecule has 0 unspecified atom stereocenters. The van der Waals surface area contributed by atoms with Crippen molar-refractivity contribution in [2.75, 3.05) is 5.32 Å². The summed E-state index contributed by atoms with van der Waals surface area (Å²) in [4.78, 5) is 27.5. The number of hydrogen-bond donors (Lipinski definition) is 2. The van der Waals surface area contributed by atoms with Crippen molar-refractivity contribution in [3.05, 3.63) is 100 Å². The van der Waals surface area contributed by atoms with Crippen LogP contribution in [0.2, 0.25) is 5.02 Å². The van der Waals surface area contributed by atoms with Gasteiger partial charge < -0.3 is 15.4 Å². The first-order valence-corrected chi connectivity index (χ1v) is 12.3. The Bertz CT molecular complexity index is 1200. The van der Waals surface area contributed by atoms with Crippen molar-refractivity contribution in [1.82, 2.24) is 4.90 Å². The number of halogens is 2. The maximum Gasteiger partial charge on any atom is 0.411 e. The molecule has 188 valence electrons. The van der Waals surface area contributed by atoms with Gasteiger partial charge in [-0.05, 0) is 73.2 Å². The molecule has 0 saturated heterocycles. The zero-order valence-corrected chi connectivity index (χ0v) is 20.6. The molecule has 1 saturated carbocycles. The minimum atomic E-state index is -0.596. The van der Waals surface area contributed by atoms with Gasteiger partial charge in [0.25, 0.3) is 5.91 Å². The summed E-state index contributed by atoms with van der Waals surface area (Å²) in [6.45, 7) is 0.357. The Morgan fingerprint density at radius 1 is 1.00 bits per heavy atom. The third kappa shape index (κ3) is 6.83. The first kappa shape index (κ1) is 25.7. The van der Waals surface area contributed by atoms with E-state index in [1.54, 1.807) is 29.2 Å². The Morgan fingerprint density at radius 3 is 2.47 bits per heavy atom. The molecule has 3 N–H and O–H groups in total. The van der Waals surface area contributed by atoms with E-state index in [-0.39, 0.29) is 36.7 Å². The van der Waals surface area contributed by atoms with E-state index in [4.69, 9.17) is 22.1 Å². The van der Waals surface area contributed by atoms with Gasteiger partial charge in [-0.15, -0.1) is 0 Å². The zero-order valence-electron chi connectivity index (χ0n) is 19.8. The highest BCUT2D eigenvalue weighted by Gasteiger charge is 2.29. The van der Waals surface area contributed by atoms with E-state index in [0.29, 0.717) is 16.3 Å². The summed E-state index contributed by atoms with van der Waals surface area (Å²) >= 11 is 6.49. The number of nitrogens with one attached hydrogen (secondary N) is 1. The average molecular weight is 510 g/mol. The van der Waals surface area contributed by atoms with Crippen LogP contribution in [0.25, 0.3) is 0 Å². The van der Waals surface area contributed by atoms with Crippen LogP contribution in [0.1, 0.15) is 47.2 Å². The van der Waals surface area contributed by atoms with Crippen LogP contribution in [0, 0.1) is 5.82 Å². The lowest BCUT2D eigenvalue weighted by atomic mass is 9.90. The number of rotatable bonds is 7. The Labute approximate surface area is 215 Å². The molecule has 8 heteroatoms. The van der Waals surface area contributed by atoms with E-state index in [0.717, 1.165) is 31.2 Å². The Hall–Kier alpha value is -3.42. The predicted molar refractivity (Wildman–Crippen MR) is 138 cm³/mol. The summed E-state index contributed by atoms with van der Waals surface area (Å²) in [5, 5.41) is 3.18. The number of ether oxygens (including phenoxy) is 1. The summed E-state index contributed by atoms with van der Waals surface area (Å²) in [5.74, 6) is -0.739. The van der Waals surface area contributed by atoms with Gasteiger partial charge in [-0.3, -0.25) is 10.1 Å². The average Bonchev–Trinajstić information content (AvgIpc) is 2.88. The number of benzene rings is 3. The van der Waals surface area contributed by atoms with E-state index >= 15 is 0 Å². The van der Waals surface area contributed by atoms with Crippen molar-refractivity contribution in [3.63, 3.8) is 0 Å². The molecule has 0 heterocycles. The van der Waals surface area contributed by atoms with Crippen LogP contribution in [0.3, 0.4) is 0 Å². The van der Waals surface area contributed by atoms with Crippen molar-refractivity contribution in [2.24, 2.45) is 5.73 Å². The van der Waals surface area contributed by atoms with Crippen molar-refractivity contribution in [1.29, 1.82) is 0 Å². The van der Waals surface area contributed by atoms with Crippen LogP contribution in [0.4, 0.5) is 14.9 Å². The van der Waals surface area contributed by atoms with E-state index in [1.807, 2.05) is 30.3 Å². The highest BCUT2D eigenvalue weighted by atomic mass is 35.5. The molecule has 2 amide bonds. The van der Waals surface area contributed by atoms with Crippen LogP contribution < -0.4 is 11.1 Å². The molecule has 3 aromatic rings. The van der Waals surface area contributed by atoms with Gasteiger partial charge in [-0.1, -0.05) is 48.0 Å². The van der Waals surface area contributed by atoms with Crippen LogP contribution in [-0.4, -0.2) is 29.0 Å². The molecule has 36 heavy (non-hydrogen) atoms. The van der Waals surface area contributed by atoms with E-state index in [9.17, 15) is 14.0 Å². The number of carbonyl (C=O) groups is 2. The molecule has 6 nitrogen and oxygen atoms in total. The largest absolute Gasteiger partial charge is 0.444 e. The first-order chi connectivity index (χ1) is 17.4. The molecule has 0 atom stereocenters. The van der Waals surface area contributed by atoms with Gasteiger partial charge in [0.15, 0.2) is 0 Å². The van der Waals surface area contributed by atoms with E-state index < -0.39 is 11.9 Å². The second-order valence-corrected chi connectivity index (χ2v) is 9.41. The molecule has 0 radical (unpaired) electrons. The molecule has 0 aliphatic heterocycles. The smallest absolute Gasteiger partial charge is 0.411 e. The topological polar surface area (TPSA) is 84.7 Å². The number of nitrogens with two attached hydrogens (primary N) is 1. The number of hydrogen-bond acceptors (Lipinski definition) is 4. The zero-order chi connectivity index (χ0) is 25.5. The van der Waals surface area contributed by atoms with Gasteiger partial charge in [0.2, 0.25) is 0 Å². The minimum Gasteiger partial charge on any atom is -0.444 e. The fourth-order valence-electron chi connectivity index (χ4n) is 4.40. The third-order valence-corrected chi connectivity index (χ3v) is 6.73. The summed E-state index contributed by atoms with van der Waals surface area (Å²) in [5.41, 5.74) is 8.40. The quantitative estimate of drug-likeness (QED) is 0.400. The molecule has 1 aliphatic carbocycles. The Kier molecular flexibility index (Phi) is 8.57. The second kappa shape index (κ2) is 12.0. The number of amides is 2. The Balaban J connectivity index is 1.50. The SMILES string of the molecule is NC1CCC(N(Cc2cc(NC(=O)OCc3ccccc3)ccc2Cl)C(=O)c2cccc(F)c2)CC1. The van der Waals surface area contributed by atoms with Crippen LogP contribution in [0.15, 0.2) is 72.8 Å². The van der Waals surface area contributed by atoms with Gasteiger partial charge >= 0.3 is 6.09 Å². The normalized spacial score (nSPS) is 17.3. The number of nitrogens with zero attached hydrogens (tertiary/aromatic N) is 1. The first-order valence-electron chi connectivity index (χ1n) is 12.0. The van der Waals surface area contributed by atoms with E-state index in [2.05, 4.69) is 5.32 Å². The van der Waals surface area contributed by atoms with Crippen LogP contribution in [0.5, 0.6) is 0 Å². The summed E-state index contributed by atoms with van der Waals surface area (Å²) < 4.78 is 19.2. The monoisotopic (exact) mass is 509 g/mol.